The first-order chi connectivity index (χ1) is 11.3. The molecule has 0 saturated carbocycles. The first kappa shape index (κ1) is 15.3. The largest absolute Gasteiger partial charge is 0.488 e. The van der Waals surface area contributed by atoms with Gasteiger partial charge >= 0.3 is 5.97 Å². The number of ether oxygens (including phenoxy) is 2. The van der Waals surface area contributed by atoms with Gasteiger partial charge in [-0.3, -0.25) is 4.99 Å². The molecular formula is C19H19NO3. The van der Waals surface area contributed by atoms with Crippen LogP contribution in [0.5, 0.6) is 5.75 Å². The standard InChI is InChI=1S/C19H19NO3/c1-22-19(21)17-12-11-16(20-17)15-9-5-6-10-18(15)23-13-14-7-3-2-4-8-14/h2-10,17H,11-13H2,1H3/t17-/m0/s1. The van der Waals surface area contributed by atoms with Crippen molar-refractivity contribution in [2.24, 2.45) is 4.99 Å². The van der Waals surface area contributed by atoms with Crippen molar-refractivity contribution >= 4 is 11.7 Å². The lowest BCUT2D eigenvalue weighted by Crippen LogP contribution is -2.16. The molecule has 1 aliphatic rings. The van der Waals surface area contributed by atoms with Crippen LogP contribution in [0, 0.1) is 0 Å². The molecule has 0 radical (unpaired) electrons. The maximum atomic E-state index is 11.6. The van der Waals surface area contributed by atoms with Crippen molar-refractivity contribution in [3.05, 3.63) is 65.7 Å². The lowest BCUT2D eigenvalue weighted by molar-refractivity contribution is -0.141. The highest BCUT2D eigenvalue weighted by atomic mass is 16.5. The summed E-state index contributed by atoms with van der Waals surface area (Å²) in [6.45, 7) is 0.506. The lowest BCUT2D eigenvalue weighted by Gasteiger charge is -2.11. The van der Waals surface area contributed by atoms with Crippen LogP contribution in [0.4, 0.5) is 0 Å². The third-order valence-electron chi connectivity index (χ3n) is 3.87. The summed E-state index contributed by atoms with van der Waals surface area (Å²) in [6.07, 6.45) is 1.44. The van der Waals surface area contributed by atoms with Crippen LogP contribution in [0.1, 0.15) is 24.0 Å². The molecule has 0 N–H and O–H groups in total. The first-order valence-electron chi connectivity index (χ1n) is 7.68. The van der Waals surface area contributed by atoms with Crippen LogP contribution < -0.4 is 4.74 Å². The van der Waals surface area contributed by atoms with Crippen molar-refractivity contribution in [3.63, 3.8) is 0 Å². The molecule has 2 aromatic rings. The molecule has 4 heteroatoms. The molecular weight excluding hydrogens is 290 g/mol. The van der Waals surface area contributed by atoms with E-state index in [1.54, 1.807) is 0 Å². The maximum Gasteiger partial charge on any atom is 0.330 e. The van der Waals surface area contributed by atoms with Crippen LogP contribution in [0.15, 0.2) is 59.6 Å². The predicted octanol–water partition coefficient (Wildman–Crippen LogP) is 3.39. The zero-order chi connectivity index (χ0) is 16.1. The fourth-order valence-corrected chi connectivity index (χ4v) is 2.67. The average Bonchev–Trinajstić information content (AvgIpc) is 3.10. The molecule has 2 aromatic carbocycles. The number of carbonyl (C=O) groups is 1. The van der Waals surface area contributed by atoms with Crippen LogP contribution in [0.25, 0.3) is 0 Å². The smallest absolute Gasteiger partial charge is 0.330 e. The Bertz CT molecular complexity index is 710. The van der Waals surface area contributed by atoms with E-state index < -0.39 is 6.04 Å². The number of hydrogen-bond acceptors (Lipinski definition) is 4. The molecule has 3 rings (SSSR count). The molecule has 1 aliphatic heterocycles. The molecule has 1 atom stereocenters. The summed E-state index contributed by atoms with van der Waals surface area (Å²) in [5.74, 6) is 0.517. The Balaban J connectivity index is 1.77. The molecule has 0 unspecified atom stereocenters. The Morgan fingerprint density at radius 3 is 2.65 bits per heavy atom. The summed E-state index contributed by atoms with van der Waals surface area (Å²) in [5.41, 5.74) is 2.97. The number of para-hydroxylation sites is 1. The fourth-order valence-electron chi connectivity index (χ4n) is 2.67. The fraction of sp³-hybridized carbons (Fsp3) is 0.263. The van der Waals surface area contributed by atoms with Gasteiger partial charge in [0.1, 0.15) is 18.4 Å². The van der Waals surface area contributed by atoms with Crippen molar-refractivity contribution in [1.82, 2.24) is 0 Å². The summed E-state index contributed by atoms with van der Waals surface area (Å²) in [5, 5.41) is 0. The first-order valence-corrected chi connectivity index (χ1v) is 7.68. The van der Waals surface area contributed by atoms with Gasteiger partial charge in [0.25, 0.3) is 0 Å². The van der Waals surface area contributed by atoms with E-state index in [4.69, 9.17) is 9.47 Å². The molecule has 23 heavy (non-hydrogen) atoms. The minimum atomic E-state index is -0.392. The molecule has 0 bridgehead atoms. The third kappa shape index (κ3) is 3.59. The number of rotatable bonds is 5. The van der Waals surface area contributed by atoms with E-state index in [0.29, 0.717) is 13.0 Å². The normalized spacial score (nSPS) is 16.7. The summed E-state index contributed by atoms with van der Waals surface area (Å²) in [6, 6.07) is 17.5. The van der Waals surface area contributed by atoms with Gasteiger partial charge in [-0.05, 0) is 30.5 Å². The molecule has 1 heterocycles. The molecule has 0 spiro atoms. The molecule has 0 fully saturated rings. The minimum absolute atomic E-state index is 0.275. The van der Waals surface area contributed by atoms with Crippen LogP contribution in [0.3, 0.4) is 0 Å². The van der Waals surface area contributed by atoms with E-state index in [1.807, 2.05) is 54.6 Å². The molecule has 4 nitrogen and oxygen atoms in total. The SMILES string of the molecule is COC(=O)[C@@H]1CCC(c2ccccc2OCc2ccccc2)=N1. The Kier molecular flexibility index (Phi) is 4.71. The van der Waals surface area contributed by atoms with Crippen molar-refractivity contribution in [1.29, 1.82) is 0 Å². The van der Waals surface area contributed by atoms with Crippen molar-refractivity contribution in [3.8, 4) is 5.75 Å². The summed E-state index contributed by atoms with van der Waals surface area (Å²) in [7, 11) is 1.40. The number of carbonyl (C=O) groups excluding carboxylic acids is 1. The molecule has 0 saturated heterocycles. The van der Waals surface area contributed by atoms with Crippen LogP contribution in [0.2, 0.25) is 0 Å². The maximum absolute atomic E-state index is 11.6. The van der Waals surface area contributed by atoms with Gasteiger partial charge in [0.05, 0.1) is 7.11 Å². The van der Waals surface area contributed by atoms with Gasteiger partial charge in [-0.1, -0.05) is 42.5 Å². The molecule has 0 aliphatic carbocycles. The third-order valence-corrected chi connectivity index (χ3v) is 3.87. The van der Waals surface area contributed by atoms with Crippen molar-refractivity contribution in [2.45, 2.75) is 25.5 Å². The molecule has 118 valence electrons. The van der Waals surface area contributed by atoms with Crippen LogP contribution >= 0.6 is 0 Å². The summed E-state index contributed by atoms with van der Waals surface area (Å²) < 4.78 is 10.7. The molecule has 0 aromatic heterocycles. The van der Waals surface area contributed by atoms with E-state index in [-0.39, 0.29) is 5.97 Å². The number of methoxy groups -OCH3 is 1. The van der Waals surface area contributed by atoms with Crippen molar-refractivity contribution in [2.75, 3.05) is 7.11 Å². The highest BCUT2D eigenvalue weighted by Crippen LogP contribution is 2.26. The number of esters is 1. The zero-order valence-electron chi connectivity index (χ0n) is 13.1. The van der Waals surface area contributed by atoms with Gasteiger partial charge in [-0.2, -0.15) is 0 Å². The summed E-state index contributed by atoms with van der Waals surface area (Å²) >= 11 is 0. The zero-order valence-corrected chi connectivity index (χ0v) is 13.1. The lowest BCUT2D eigenvalue weighted by atomic mass is 10.1. The van der Waals surface area contributed by atoms with Crippen LogP contribution in [-0.2, 0) is 16.1 Å². The van der Waals surface area contributed by atoms with E-state index in [0.717, 1.165) is 29.0 Å². The number of nitrogens with zero attached hydrogens (tertiary/aromatic N) is 1. The van der Waals surface area contributed by atoms with Gasteiger partial charge in [-0.15, -0.1) is 0 Å². The highest BCUT2D eigenvalue weighted by Gasteiger charge is 2.26. The van der Waals surface area contributed by atoms with Gasteiger partial charge < -0.3 is 9.47 Å². The quantitative estimate of drug-likeness (QED) is 0.795. The number of hydrogen-bond donors (Lipinski definition) is 0. The highest BCUT2D eigenvalue weighted by molar-refractivity contribution is 6.05. The van der Waals surface area contributed by atoms with Crippen LogP contribution in [-0.4, -0.2) is 24.8 Å². The van der Waals surface area contributed by atoms with E-state index in [2.05, 4.69) is 4.99 Å². The average molecular weight is 309 g/mol. The van der Waals surface area contributed by atoms with E-state index >= 15 is 0 Å². The predicted molar refractivity (Wildman–Crippen MR) is 88.8 cm³/mol. The number of benzene rings is 2. The monoisotopic (exact) mass is 309 g/mol. The Hall–Kier alpha value is -2.62. The Labute approximate surface area is 135 Å². The topological polar surface area (TPSA) is 47.9 Å². The van der Waals surface area contributed by atoms with Crippen molar-refractivity contribution < 1.29 is 14.3 Å². The second kappa shape index (κ2) is 7.09. The number of aliphatic imine (C=N–C) groups is 1. The minimum Gasteiger partial charge on any atom is -0.488 e. The van der Waals surface area contributed by atoms with E-state index in [1.165, 1.54) is 7.11 Å². The molecule has 0 amide bonds. The second-order valence-corrected chi connectivity index (χ2v) is 5.42. The Morgan fingerprint density at radius 1 is 1.13 bits per heavy atom. The van der Waals surface area contributed by atoms with Gasteiger partial charge in [0.2, 0.25) is 0 Å². The Morgan fingerprint density at radius 2 is 1.87 bits per heavy atom. The van der Waals surface area contributed by atoms with Gasteiger partial charge in [0, 0.05) is 11.3 Å². The van der Waals surface area contributed by atoms with Gasteiger partial charge in [-0.25, -0.2) is 4.79 Å². The second-order valence-electron chi connectivity index (χ2n) is 5.42. The van der Waals surface area contributed by atoms with E-state index in [9.17, 15) is 4.79 Å². The van der Waals surface area contributed by atoms with Gasteiger partial charge in [0.15, 0.2) is 0 Å². The summed E-state index contributed by atoms with van der Waals surface area (Å²) in [4.78, 5) is 16.1.